The van der Waals surface area contributed by atoms with E-state index < -0.39 is 0 Å². The number of aromatic nitrogens is 1. The molecule has 1 N–H and O–H groups in total. The SMILES string of the molecule is COc1ccc(C(=O)Nc2nc(CN3CCC(C)CC3)cs2)c(OC)c1. The maximum Gasteiger partial charge on any atom is 0.261 e. The molecule has 6 nitrogen and oxygen atoms in total. The molecule has 1 aliphatic rings. The van der Waals surface area contributed by atoms with Crippen LogP contribution in [0.1, 0.15) is 35.8 Å². The zero-order valence-electron chi connectivity index (χ0n) is 15.4. The molecule has 0 saturated carbocycles. The molecule has 2 aromatic rings. The number of nitrogens with zero attached hydrogens (tertiary/aromatic N) is 2. The molecule has 0 atom stereocenters. The van der Waals surface area contributed by atoms with Crippen molar-refractivity contribution >= 4 is 22.4 Å². The third kappa shape index (κ3) is 4.53. The molecule has 1 aromatic heterocycles. The van der Waals surface area contributed by atoms with Gasteiger partial charge in [0.05, 0.1) is 25.5 Å². The summed E-state index contributed by atoms with van der Waals surface area (Å²) in [5.41, 5.74) is 1.46. The van der Waals surface area contributed by atoms with E-state index in [-0.39, 0.29) is 5.91 Å². The zero-order valence-corrected chi connectivity index (χ0v) is 16.3. The van der Waals surface area contributed by atoms with Gasteiger partial charge in [0.2, 0.25) is 0 Å². The van der Waals surface area contributed by atoms with Crippen molar-refractivity contribution in [2.24, 2.45) is 5.92 Å². The number of hydrogen-bond donors (Lipinski definition) is 1. The Labute approximate surface area is 158 Å². The van der Waals surface area contributed by atoms with Gasteiger partial charge < -0.3 is 9.47 Å². The lowest BCUT2D eigenvalue weighted by Gasteiger charge is -2.29. The molecule has 1 fully saturated rings. The van der Waals surface area contributed by atoms with Crippen LogP contribution in [0.15, 0.2) is 23.6 Å². The lowest BCUT2D eigenvalue weighted by Crippen LogP contribution is -2.32. The Balaban J connectivity index is 1.62. The van der Waals surface area contributed by atoms with E-state index in [1.54, 1.807) is 25.3 Å². The van der Waals surface area contributed by atoms with E-state index in [4.69, 9.17) is 9.47 Å². The zero-order chi connectivity index (χ0) is 18.5. The molecule has 140 valence electrons. The monoisotopic (exact) mass is 375 g/mol. The first-order valence-corrected chi connectivity index (χ1v) is 9.67. The number of ether oxygens (including phenoxy) is 2. The van der Waals surface area contributed by atoms with Crippen molar-refractivity contribution in [3.05, 3.63) is 34.8 Å². The molecule has 0 aliphatic carbocycles. The van der Waals surface area contributed by atoms with Crippen LogP contribution in [0.4, 0.5) is 5.13 Å². The molecule has 2 heterocycles. The number of amides is 1. The van der Waals surface area contributed by atoms with Crippen molar-refractivity contribution in [3.8, 4) is 11.5 Å². The lowest BCUT2D eigenvalue weighted by molar-refractivity contribution is 0.102. The summed E-state index contributed by atoms with van der Waals surface area (Å²) < 4.78 is 10.5. The summed E-state index contributed by atoms with van der Waals surface area (Å²) in [5.74, 6) is 1.69. The van der Waals surface area contributed by atoms with Crippen LogP contribution in [0.5, 0.6) is 11.5 Å². The Morgan fingerprint density at radius 2 is 2.08 bits per heavy atom. The second-order valence-corrected chi connectivity index (χ2v) is 7.48. The first-order chi connectivity index (χ1) is 12.6. The quantitative estimate of drug-likeness (QED) is 0.835. The highest BCUT2D eigenvalue weighted by molar-refractivity contribution is 7.14. The van der Waals surface area contributed by atoms with Crippen LogP contribution in [0, 0.1) is 5.92 Å². The van der Waals surface area contributed by atoms with Crippen LogP contribution >= 0.6 is 11.3 Å². The molecular formula is C19H25N3O3S. The third-order valence-corrected chi connectivity index (χ3v) is 5.49. The average Bonchev–Trinajstić information content (AvgIpc) is 3.09. The fourth-order valence-electron chi connectivity index (χ4n) is 3.04. The minimum Gasteiger partial charge on any atom is -0.497 e. The molecule has 1 aliphatic heterocycles. The molecule has 0 radical (unpaired) electrons. The Morgan fingerprint density at radius 3 is 2.77 bits per heavy atom. The fourth-order valence-corrected chi connectivity index (χ4v) is 3.73. The van der Waals surface area contributed by atoms with Crippen molar-refractivity contribution in [3.63, 3.8) is 0 Å². The molecule has 1 amide bonds. The van der Waals surface area contributed by atoms with E-state index in [0.717, 1.165) is 31.2 Å². The van der Waals surface area contributed by atoms with Crippen molar-refractivity contribution in [2.75, 3.05) is 32.6 Å². The van der Waals surface area contributed by atoms with Gasteiger partial charge in [-0.2, -0.15) is 0 Å². The summed E-state index contributed by atoms with van der Waals surface area (Å²) in [6.45, 7) is 5.37. The number of nitrogens with one attached hydrogen (secondary N) is 1. The van der Waals surface area contributed by atoms with Gasteiger partial charge in [-0.05, 0) is 44.0 Å². The standard InChI is InChI=1S/C19H25N3O3S/c1-13-6-8-22(9-7-13)11-14-12-26-19(20-14)21-18(23)16-5-4-15(24-2)10-17(16)25-3/h4-5,10,12-13H,6-9,11H2,1-3H3,(H,20,21,23). The lowest BCUT2D eigenvalue weighted by atomic mass is 9.99. The van der Waals surface area contributed by atoms with Crippen molar-refractivity contribution in [1.29, 1.82) is 0 Å². The predicted octanol–water partition coefficient (Wildman–Crippen LogP) is 3.64. The smallest absolute Gasteiger partial charge is 0.261 e. The number of hydrogen-bond acceptors (Lipinski definition) is 6. The highest BCUT2D eigenvalue weighted by Crippen LogP contribution is 2.26. The van der Waals surface area contributed by atoms with Gasteiger partial charge in [0.1, 0.15) is 11.5 Å². The molecule has 0 unspecified atom stereocenters. The summed E-state index contributed by atoms with van der Waals surface area (Å²) in [7, 11) is 3.11. The topological polar surface area (TPSA) is 63.7 Å². The molecule has 26 heavy (non-hydrogen) atoms. The van der Waals surface area contributed by atoms with Crippen molar-refractivity contribution < 1.29 is 14.3 Å². The Hall–Kier alpha value is -2.12. The molecule has 7 heteroatoms. The van der Waals surface area contributed by atoms with Crippen molar-refractivity contribution in [1.82, 2.24) is 9.88 Å². The number of likely N-dealkylation sites (tertiary alicyclic amines) is 1. The summed E-state index contributed by atoms with van der Waals surface area (Å²) in [6, 6.07) is 5.12. The maximum atomic E-state index is 12.6. The van der Waals surface area contributed by atoms with Gasteiger partial charge in [-0.1, -0.05) is 6.92 Å². The number of thiazole rings is 1. The molecule has 3 rings (SSSR count). The van der Waals surface area contributed by atoms with Gasteiger partial charge >= 0.3 is 0 Å². The Kier molecular flexibility index (Phi) is 6.11. The van der Waals surface area contributed by atoms with E-state index in [1.165, 1.54) is 31.3 Å². The first-order valence-electron chi connectivity index (χ1n) is 8.79. The second-order valence-electron chi connectivity index (χ2n) is 6.62. The van der Waals surface area contributed by atoms with Crippen LogP contribution < -0.4 is 14.8 Å². The Bertz CT molecular complexity index is 754. The number of benzene rings is 1. The number of carbonyl (C=O) groups is 1. The average molecular weight is 375 g/mol. The van der Waals surface area contributed by atoms with Crippen LogP contribution in [-0.4, -0.2) is 43.1 Å². The predicted molar refractivity (Wildman–Crippen MR) is 103 cm³/mol. The minimum absolute atomic E-state index is 0.239. The highest BCUT2D eigenvalue weighted by Gasteiger charge is 2.18. The van der Waals surface area contributed by atoms with Crippen LogP contribution in [-0.2, 0) is 6.54 Å². The summed E-state index contributed by atoms with van der Waals surface area (Å²) in [4.78, 5) is 19.5. The van der Waals surface area contributed by atoms with Crippen molar-refractivity contribution in [2.45, 2.75) is 26.3 Å². The van der Waals surface area contributed by atoms with E-state index in [2.05, 4.69) is 22.1 Å². The normalized spacial score (nSPS) is 15.7. The van der Waals surface area contributed by atoms with Crippen LogP contribution in [0.2, 0.25) is 0 Å². The molecule has 1 aromatic carbocycles. The number of anilines is 1. The minimum atomic E-state index is -0.239. The number of carbonyl (C=O) groups excluding carboxylic acids is 1. The first kappa shape index (κ1) is 18.7. The maximum absolute atomic E-state index is 12.6. The molecule has 1 saturated heterocycles. The third-order valence-electron chi connectivity index (χ3n) is 4.69. The fraction of sp³-hybridized carbons (Fsp3) is 0.474. The largest absolute Gasteiger partial charge is 0.497 e. The van der Waals surface area contributed by atoms with Gasteiger partial charge in [-0.3, -0.25) is 15.0 Å². The van der Waals surface area contributed by atoms with Crippen LogP contribution in [0.25, 0.3) is 0 Å². The number of piperidine rings is 1. The van der Waals surface area contributed by atoms with Gasteiger partial charge in [0.25, 0.3) is 5.91 Å². The van der Waals surface area contributed by atoms with E-state index in [1.807, 2.05) is 5.38 Å². The second kappa shape index (κ2) is 8.51. The number of rotatable bonds is 6. The summed E-state index contributed by atoms with van der Waals surface area (Å²) >= 11 is 1.45. The van der Waals surface area contributed by atoms with Crippen LogP contribution in [0.3, 0.4) is 0 Å². The van der Waals surface area contributed by atoms with Gasteiger partial charge in [-0.15, -0.1) is 11.3 Å². The van der Waals surface area contributed by atoms with E-state index in [0.29, 0.717) is 22.2 Å². The number of methoxy groups -OCH3 is 2. The van der Waals surface area contributed by atoms with E-state index in [9.17, 15) is 4.79 Å². The van der Waals surface area contributed by atoms with Gasteiger partial charge in [0, 0.05) is 18.0 Å². The Morgan fingerprint density at radius 1 is 1.31 bits per heavy atom. The molecule has 0 bridgehead atoms. The van der Waals surface area contributed by atoms with E-state index >= 15 is 0 Å². The molecule has 0 spiro atoms. The highest BCUT2D eigenvalue weighted by atomic mass is 32.1. The van der Waals surface area contributed by atoms with Gasteiger partial charge in [-0.25, -0.2) is 4.98 Å². The van der Waals surface area contributed by atoms with Gasteiger partial charge in [0.15, 0.2) is 5.13 Å². The summed E-state index contributed by atoms with van der Waals surface area (Å²) in [5, 5.41) is 5.48. The summed E-state index contributed by atoms with van der Waals surface area (Å²) in [6.07, 6.45) is 2.48. The molecular weight excluding hydrogens is 350 g/mol.